The number of carbonyl (C=O) groups excluding carboxylic acids is 2. The summed E-state index contributed by atoms with van der Waals surface area (Å²) in [5, 5.41) is 3.21. The van der Waals surface area contributed by atoms with E-state index < -0.39 is 18.0 Å². The highest BCUT2D eigenvalue weighted by atomic mass is 16.6. The summed E-state index contributed by atoms with van der Waals surface area (Å²) in [6, 6.07) is -0.794. The molecule has 0 spiro atoms. The lowest BCUT2D eigenvalue weighted by Crippen LogP contribution is -2.36. The van der Waals surface area contributed by atoms with Gasteiger partial charge in [-0.25, -0.2) is 4.79 Å². The van der Waals surface area contributed by atoms with Crippen LogP contribution in [-0.2, 0) is 14.3 Å². The van der Waals surface area contributed by atoms with Gasteiger partial charge in [0.1, 0.15) is 6.04 Å². The molecule has 0 amide bonds. The van der Waals surface area contributed by atoms with Crippen molar-refractivity contribution in [3.8, 4) is 0 Å². The molecule has 0 saturated carbocycles. The minimum atomic E-state index is -0.794. The molecule has 6 heteroatoms. The van der Waals surface area contributed by atoms with Crippen molar-refractivity contribution in [1.82, 2.24) is 5.32 Å². The fourth-order valence-corrected chi connectivity index (χ4v) is 1.85. The normalized spacial score (nSPS) is 18.7. The Morgan fingerprint density at radius 3 is 2.59 bits per heavy atom. The number of hydrogen-bond donors (Lipinski definition) is 3. The van der Waals surface area contributed by atoms with Gasteiger partial charge in [0.2, 0.25) is 0 Å². The van der Waals surface area contributed by atoms with E-state index in [-0.39, 0.29) is 0 Å². The van der Waals surface area contributed by atoms with E-state index in [2.05, 4.69) is 10.1 Å². The largest absolute Gasteiger partial charge is 0.392 e. The van der Waals surface area contributed by atoms with E-state index in [1.807, 2.05) is 0 Å². The zero-order valence-electron chi connectivity index (χ0n) is 9.98. The Morgan fingerprint density at radius 1 is 1.35 bits per heavy atom. The third-order valence-corrected chi connectivity index (χ3v) is 2.91. The van der Waals surface area contributed by atoms with Crippen molar-refractivity contribution in [1.29, 1.82) is 0 Å². The number of carbonyl (C=O) groups is 2. The van der Waals surface area contributed by atoms with E-state index in [0.29, 0.717) is 25.3 Å². The average molecular weight is 243 g/mol. The smallest absolute Gasteiger partial charge is 0.330 e. The first kappa shape index (κ1) is 14.1. The molecule has 1 aliphatic heterocycles. The van der Waals surface area contributed by atoms with Crippen molar-refractivity contribution in [2.45, 2.75) is 31.7 Å². The zero-order chi connectivity index (χ0) is 12.7. The molecule has 1 unspecified atom stereocenters. The van der Waals surface area contributed by atoms with Gasteiger partial charge in [0, 0.05) is 6.42 Å². The molecule has 0 radical (unpaired) electrons. The number of nitrogens with one attached hydrogen (secondary N) is 1. The molecule has 0 aromatic rings. The molecular weight excluding hydrogens is 222 g/mol. The molecule has 6 nitrogen and oxygen atoms in total. The third kappa shape index (κ3) is 5.25. The van der Waals surface area contributed by atoms with Gasteiger partial charge in [-0.2, -0.15) is 0 Å². The first-order valence-corrected chi connectivity index (χ1v) is 6.04. The molecular formula is C11H21N3O3. The highest BCUT2D eigenvalue weighted by molar-refractivity contribution is 5.88. The maximum absolute atomic E-state index is 11.5. The summed E-state index contributed by atoms with van der Waals surface area (Å²) in [6.45, 7) is 2.13. The van der Waals surface area contributed by atoms with E-state index in [0.717, 1.165) is 25.9 Å². The van der Waals surface area contributed by atoms with Crippen molar-refractivity contribution in [2.24, 2.45) is 17.4 Å². The van der Waals surface area contributed by atoms with Crippen LogP contribution in [0.3, 0.4) is 0 Å². The Hall–Kier alpha value is -0.980. The molecule has 1 aliphatic rings. The van der Waals surface area contributed by atoms with Gasteiger partial charge in [0.05, 0.1) is 0 Å². The van der Waals surface area contributed by atoms with Crippen molar-refractivity contribution in [2.75, 3.05) is 19.6 Å². The van der Waals surface area contributed by atoms with Gasteiger partial charge >= 0.3 is 11.9 Å². The number of rotatable bonds is 5. The Kier molecular flexibility index (Phi) is 6.10. The second kappa shape index (κ2) is 7.37. The Balaban J connectivity index is 2.25. The SMILES string of the molecule is NCCC(N)C(=O)OC(=O)CC1CCNCC1. The molecule has 0 bridgehead atoms. The lowest BCUT2D eigenvalue weighted by atomic mass is 9.95. The first-order chi connectivity index (χ1) is 8.13. The quantitative estimate of drug-likeness (QED) is 0.427. The molecule has 0 aliphatic carbocycles. The van der Waals surface area contributed by atoms with E-state index in [1.165, 1.54) is 0 Å². The minimum Gasteiger partial charge on any atom is -0.392 e. The van der Waals surface area contributed by atoms with Crippen LogP contribution in [0.5, 0.6) is 0 Å². The van der Waals surface area contributed by atoms with Gasteiger partial charge < -0.3 is 21.5 Å². The van der Waals surface area contributed by atoms with Crippen LogP contribution in [0, 0.1) is 5.92 Å². The van der Waals surface area contributed by atoms with Crippen LogP contribution in [0.25, 0.3) is 0 Å². The van der Waals surface area contributed by atoms with E-state index >= 15 is 0 Å². The number of nitrogens with two attached hydrogens (primary N) is 2. The predicted molar refractivity (Wildman–Crippen MR) is 63.0 cm³/mol. The van der Waals surface area contributed by atoms with Gasteiger partial charge in [-0.1, -0.05) is 0 Å². The molecule has 0 aromatic carbocycles. The third-order valence-electron chi connectivity index (χ3n) is 2.91. The second-order valence-electron chi connectivity index (χ2n) is 4.37. The summed E-state index contributed by atoms with van der Waals surface area (Å²) < 4.78 is 4.69. The maximum Gasteiger partial charge on any atom is 0.330 e. The fourth-order valence-electron chi connectivity index (χ4n) is 1.85. The molecule has 17 heavy (non-hydrogen) atoms. The molecule has 0 aromatic heterocycles. The van der Waals surface area contributed by atoms with Crippen molar-refractivity contribution in [3.05, 3.63) is 0 Å². The molecule has 5 N–H and O–H groups in total. The van der Waals surface area contributed by atoms with E-state index in [1.54, 1.807) is 0 Å². The molecule has 1 atom stereocenters. The van der Waals surface area contributed by atoms with Gasteiger partial charge in [-0.05, 0) is 44.8 Å². The number of ether oxygens (including phenoxy) is 1. The summed E-state index contributed by atoms with van der Waals surface area (Å²) in [5.74, 6) is -0.842. The molecule has 1 fully saturated rings. The molecule has 1 heterocycles. The lowest BCUT2D eigenvalue weighted by Gasteiger charge is -2.21. The predicted octanol–water partition coefficient (Wildman–Crippen LogP) is -0.878. The van der Waals surface area contributed by atoms with E-state index in [9.17, 15) is 9.59 Å². The van der Waals surface area contributed by atoms with Gasteiger partial charge in [-0.15, -0.1) is 0 Å². The van der Waals surface area contributed by atoms with Crippen LogP contribution in [0.1, 0.15) is 25.7 Å². The highest BCUT2D eigenvalue weighted by Gasteiger charge is 2.22. The minimum absolute atomic E-state index is 0.294. The van der Waals surface area contributed by atoms with Crippen molar-refractivity contribution >= 4 is 11.9 Å². The Morgan fingerprint density at radius 2 is 2.00 bits per heavy atom. The second-order valence-corrected chi connectivity index (χ2v) is 4.37. The summed E-state index contributed by atoms with van der Waals surface area (Å²) in [6.07, 6.45) is 2.51. The maximum atomic E-state index is 11.5. The number of esters is 2. The molecule has 1 saturated heterocycles. The van der Waals surface area contributed by atoms with Crippen LogP contribution >= 0.6 is 0 Å². The fraction of sp³-hybridized carbons (Fsp3) is 0.818. The lowest BCUT2D eigenvalue weighted by molar-refractivity contribution is -0.161. The molecule has 98 valence electrons. The zero-order valence-corrected chi connectivity index (χ0v) is 9.98. The van der Waals surface area contributed by atoms with Crippen LogP contribution in [0.2, 0.25) is 0 Å². The Labute approximate surface area is 101 Å². The summed E-state index contributed by atoms with van der Waals surface area (Å²) in [5.41, 5.74) is 10.8. The first-order valence-electron chi connectivity index (χ1n) is 6.04. The monoisotopic (exact) mass is 243 g/mol. The molecule has 1 rings (SSSR count). The standard InChI is InChI=1S/C11H21N3O3/c12-4-1-9(13)11(16)17-10(15)7-8-2-5-14-6-3-8/h8-9,14H,1-7,12-13H2. The van der Waals surface area contributed by atoms with E-state index in [4.69, 9.17) is 11.5 Å². The Bertz CT molecular complexity index is 265. The summed E-state index contributed by atoms with van der Waals surface area (Å²) >= 11 is 0. The van der Waals surface area contributed by atoms with Gasteiger partial charge in [0.15, 0.2) is 0 Å². The van der Waals surface area contributed by atoms with Crippen molar-refractivity contribution in [3.63, 3.8) is 0 Å². The topological polar surface area (TPSA) is 107 Å². The van der Waals surface area contributed by atoms with Gasteiger partial charge in [0.25, 0.3) is 0 Å². The number of hydrogen-bond acceptors (Lipinski definition) is 6. The van der Waals surface area contributed by atoms with Crippen LogP contribution in [0.15, 0.2) is 0 Å². The summed E-state index contributed by atoms with van der Waals surface area (Å²) in [4.78, 5) is 22.8. The highest BCUT2D eigenvalue weighted by Crippen LogP contribution is 2.16. The van der Waals surface area contributed by atoms with Crippen LogP contribution < -0.4 is 16.8 Å². The van der Waals surface area contributed by atoms with Crippen LogP contribution in [0.4, 0.5) is 0 Å². The van der Waals surface area contributed by atoms with Crippen LogP contribution in [-0.4, -0.2) is 37.6 Å². The summed E-state index contributed by atoms with van der Waals surface area (Å²) in [7, 11) is 0. The van der Waals surface area contributed by atoms with Gasteiger partial charge in [-0.3, -0.25) is 4.79 Å². The number of piperidine rings is 1. The van der Waals surface area contributed by atoms with Crippen molar-refractivity contribution < 1.29 is 14.3 Å². The average Bonchev–Trinajstić information content (AvgIpc) is 2.30.